The van der Waals surface area contributed by atoms with E-state index in [1.807, 2.05) is 6.21 Å². The Kier molecular flexibility index (Phi) is 1.30. The van der Waals surface area contributed by atoms with Crippen LogP contribution in [0.4, 0.5) is 0 Å². The number of fused-ring (bicyclic) bond motifs is 3. The molecule has 0 bridgehead atoms. The second-order valence-electron chi connectivity index (χ2n) is 3.35. The maximum atomic E-state index is 4.30. The summed E-state index contributed by atoms with van der Waals surface area (Å²) < 4.78 is 0. The van der Waals surface area contributed by atoms with Gasteiger partial charge in [-0.05, 0) is 6.07 Å². The number of aliphatic imine (C=N–C) groups is 1. The molecule has 1 aromatic carbocycles. The number of H-pyrrole nitrogens is 1. The number of aromatic nitrogens is 1. The zero-order chi connectivity index (χ0) is 8.67. The fourth-order valence-electron chi connectivity index (χ4n) is 1.90. The van der Waals surface area contributed by atoms with Crippen molar-refractivity contribution in [2.75, 3.05) is 6.54 Å². The molecule has 0 atom stereocenters. The summed E-state index contributed by atoms with van der Waals surface area (Å²) in [5, 5.41) is 1.29. The average Bonchev–Trinajstić information content (AvgIpc) is 2.56. The van der Waals surface area contributed by atoms with Crippen molar-refractivity contribution in [3.63, 3.8) is 0 Å². The van der Waals surface area contributed by atoms with Crippen LogP contribution in [0.15, 0.2) is 29.3 Å². The van der Waals surface area contributed by atoms with E-state index < -0.39 is 0 Å². The number of para-hydroxylation sites is 1. The van der Waals surface area contributed by atoms with E-state index in [4.69, 9.17) is 0 Å². The predicted octanol–water partition coefficient (Wildman–Crippen LogP) is 2.14. The lowest BCUT2D eigenvalue weighted by molar-refractivity contribution is 0.925. The lowest BCUT2D eigenvalue weighted by Gasteiger charge is -2.02. The first kappa shape index (κ1) is 6.89. The van der Waals surface area contributed by atoms with Crippen molar-refractivity contribution in [1.82, 2.24) is 4.98 Å². The molecule has 0 radical (unpaired) electrons. The number of nitrogens with one attached hydrogen (secondary N) is 1. The molecule has 0 spiro atoms. The minimum atomic E-state index is 0.916. The molecular formula is C11H10N2. The van der Waals surface area contributed by atoms with E-state index in [-0.39, 0.29) is 0 Å². The Bertz CT molecular complexity index is 480. The van der Waals surface area contributed by atoms with E-state index in [9.17, 15) is 0 Å². The number of hydrogen-bond donors (Lipinski definition) is 1. The second kappa shape index (κ2) is 2.46. The zero-order valence-corrected chi connectivity index (χ0v) is 7.25. The zero-order valence-electron chi connectivity index (χ0n) is 7.25. The molecular weight excluding hydrogens is 160 g/mol. The van der Waals surface area contributed by atoms with Gasteiger partial charge in [0, 0.05) is 41.3 Å². The number of benzene rings is 1. The van der Waals surface area contributed by atoms with Crippen molar-refractivity contribution >= 4 is 17.1 Å². The van der Waals surface area contributed by atoms with E-state index in [1.165, 1.54) is 22.2 Å². The van der Waals surface area contributed by atoms with Gasteiger partial charge in [-0.3, -0.25) is 4.99 Å². The van der Waals surface area contributed by atoms with Crippen molar-refractivity contribution in [3.05, 3.63) is 35.5 Å². The SMILES string of the molecule is C1=NCCc2[nH]c3ccccc3c21. The van der Waals surface area contributed by atoms with Gasteiger partial charge in [0.15, 0.2) is 0 Å². The molecule has 0 amide bonds. The Morgan fingerprint density at radius 3 is 3.15 bits per heavy atom. The molecule has 3 rings (SSSR count). The molecule has 1 aliphatic rings. The molecule has 2 heterocycles. The minimum absolute atomic E-state index is 0.916. The lowest BCUT2D eigenvalue weighted by Crippen LogP contribution is -2.00. The van der Waals surface area contributed by atoms with Crippen LogP contribution in [-0.4, -0.2) is 17.7 Å². The Balaban J connectivity index is 2.42. The van der Waals surface area contributed by atoms with Gasteiger partial charge >= 0.3 is 0 Å². The van der Waals surface area contributed by atoms with Crippen LogP contribution in [0, 0.1) is 0 Å². The maximum absolute atomic E-state index is 4.30. The highest BCUT2D eigenvalue weighted by Gasteiger charge is 2.10. The summed E-state index contributed by atoms with van der Waals surface area (Å²) in [6.07, 6.45) is 3.03. The Hall–Kier alpha value is -1.57. The summed E-state index contributed by atoms with van der Waals surface area (Å²) >= 11 is 0. The van der Waals surface area contributed by atoms with Gasteiger partial charge in [0.25, 0.3) is 0 Å². The molecule has 1 N–H and O–H groups in total. The molecule has 2 nitrogen and oxygen atoms in total. The Labute approximate surface area is 76.3 Å². The standard InChI is InChI=1S/C11H10N2/c1-2-4-10-8(3-1)9-7-12-6-5-11(9)13-10/h1-4,7,13H,5-6H2. The third kappa shape index (κ3) is 0.917. The smallest absolute Gasteiger partial charge is 0.0462 e. The van der Waals surface area contributed by atoms with Gasteiger partial charge in [-0.1, -0.05) is 18.2 Å². The molecule has 0 fully saturated rings. The number of rotatable bonds is 0. The maximum Gasteiger partial charge on any atom is 0.0462 e. The molecule has 2 heteroatoms. The molecule has 2 aromatic rings. The van der Waals surface area contributed by atoms with Gasteiger partial charge in [0.05, 0.1) is 0 Å². The Morgan fingerprint density at radius 2 is 2.15 bits per heavy atom. The predicted molar refractivity (Wildman–Crippen MR) is 54.5 cm³/mol. The van der Waals surface area contributed by atoms with Crippen LogP contribution < -0.4 is 0 Å². The van der Waals surface area contributed by atoms with Crippen LogP contribution in [0.3, 0.4) is 0 Å². The molecule has 64 valence electrons. The third-order valence-corrected chi connectivity index (χ3v) is 2.54. The lowest BCUT2D eigenvalue weighted by atomic mass is 10.1. The third-order valence-electron chi connectivity index (χ3n) is 2.54. The van der Waals surface area contributed by atoms with Gasteiger partial charge < -0.3 is 4.98 Å². The molecule has 1 aromatic heterocycles. The number of aromatic amines is 1. The van der Waals surface area contributed by atoms with Gasteiger partial charge in [0.1, 0.15) is 0 Å². The van der Waals surface area contributed by atoms with Crippen molar-refractivity contribution in [2.24, 2.45) is 4.99 Å². The fraction of sp³-hybridized carbons (Fsp3) is 0.182. The first-order valence-corrected chi connectivity index (χ1v) is 4.54. The summed E-state index contributed by atoms with van der Waals surface area (Å²) in [6.45, 7) is 0.916. The summed E-state index contributed by atoms with van der Waals surface area (Å²) in [5.41, 5.74) is 3.83. The Morgan fingerprint density at radius 1 is 1.23 bits per heavy atom. The fourth-order valence-corrected chi connectivity index (χ4v) is 1.90. The van der Waals surface area contributed by atoms with E-state index in [1.54, 1.807) is 0 Å². The molecule has 0 unspecified atom stereocenters. The summed E-state index contributed by atoms with van der Waals surface area (Å²) in [7, 11) is 0. The molecule has 1 aliphatic heterocycles. The average molecular weight is 170 g/mol. The van der Waals surface area contributed by atoms with Gasteiger partial charge in [-0.2, -0.15) is 0 Å². The normalized spacial score (nSPS) is 14.8. The van der Waals surface area contributed by atoms with Gasteiger partial charge in [-0.25, -0.2) is 0 Å². The first-order valence-electron chi connectivity index (χ1n) is 4.54. The van der Waals surface area contributed by atoms with Crippen molar-refractivity contribution in [1.29, 1.82) is 0 Å². The van der Waals surface area contributed by atoms with Crippen LogP contribution in [-0.2, 0) is 6.42 Å². The van der Waals surface area contributed by atoms with Crippen LogP contribution in [0.1, 0.15) is 11.3 Å². The first-order chi connectivity index (χ1) is 6.45. The minimum Gasteiger partial charge on any atom is -0.358 e. The van der Waals surface area contributed by atoms with E-state index in [2.05, 4.69) is 34.2 Å². The summed E-state index contributed by atoms with van der Waals surface area (Å²) in [6, 6.07) is 8.38. The second-order valence-corrected chi connectivity index (χ2v) is 3.35. The molecule has 13 heavy (non-hydrogen) atoms. The van der Waals surface area contributed by atoms with Crippen molar-refractivity contribution in [2.45, 2.75) is 6.42 Å². The monoisotopic (exact) mass is 170 g/mol. The number of nitrogens with zero attached hydrogens (tertiary/aromatic N) is 1. The van der Waals surface area contributed by atoms with Gasteiger partial charge in [0.2, 0.25) is 0 Å². The molecule has 0 aliphatic carbocycles. The summed E-state index contributed by atoms with van der Waals surface area (Å²) in [4.78, 5) is 7.72. The van der Waals surface area contributed by atoms with Crippen molar-refractivity contribution in [3.8, 4) is 0 Å². The van der Waals surface area contributed by atoms with E-state index in [0.29, 0.717) is 0 Å². The van der Waals surface area contributed by atoms with E-state index >= 15 is 0 Å². The van der Waals surface area contributed by atoms with Crippen LogP contribution in [0.25, 0.3) is 10.9 Å². The molecule has 0 saturated heterocycles. The van der Waals surface area contributed by atoms with Crippen LogP contribution in [0.2, 0.25) is 0 Å². The summed E-state index contributed by atoms with van der Waals surface area (Å²) in [5.74, 6) is 0. The van der Waals surface area contributed by atoms with Gasteiger partial charge in [-0.15, -0.1) is 0 Å². The van der Waals surface area contributed by atoms with Crippen molar-refractivity contribution < 1.29 is 0 Å². The van der Waals surface area contributed by atoms with Crippen LogP contribution >= 0.6 is 0 Å². The van der Waals surface area contributed by atoms with Crippen LogP contribution in [0.5, 0.6) is 0 Å². The largest absolute Gasteiger partial charge is 0.358 e. The topological polar surface area (TPSA) is 28.1 Å². The number of hydrogen-bond acceptors (Lipinski definition) is 1. The quantitative estimate of drug-likeness (QED) is 0.627. The molecule has 0 saturated carbocycles. The highest BCUT2D eigenvalue weighted by atomic mass is 14.8. The van der Waals surface area contributed by atoms with E-state index in [0.717, 1.165) is 13.0 Å². The highest BCUT2D eigenvalue weighted by molar-refractivity contribution is 6.01. The highest BCUT2D eigenvalue weighted by Crippen LogP contribution is 2.22.